The van der Waals surface area contributed by atoms with Gasteiger partial charge in [0.15, 0.2) is 5.84 Å². The molecule has 3 heterocycles. The highest BCUT2D eigenvalue weighted by Gasteiger charge is 2.21. The second-order valence-corrected chi connectivity index (χ2v) is 11.3. The molecule has 1 aliphatic heterocycles. The minimum Gasteiger partial charge on any atom is -0.456 e. The third-order valence-electron chi connectivity index (χ3n) is 8.56. The first-order valence-corrected chi connectivity index (χ1v) is 15.1. The van der Waals surface area contributed by atoms with Crippen molar-refractivity contribution in [3.05, 3.63) is 162 Å². The number of fused-ring (bicyclic) bond motifs is 6. The van der Waals surface area contributed by atoms with Gasteiger partial charge in [-0.3, -0.25) is 0 Å². The first kappa shape index (κ1) is 25.5. The Morgan fingerprint density at radius 2 is 1.07 bits per heavy atom. The summed E-state index contributed by atoms with van der Waals surface area (Å²) in [6.07, 6.45) is 2.84. The summed E-state index contributed by atoms with van der Waals surface area (Å²) < 4.78 is 12.8. The van der Waals surface area contributed by atoms with Crippen molar-refractivity contribution < 1.29 is 8.83 Å². The summed E-state index contributed by atoms with van der Waals surface area (Å²) in [5, 5.41) is 4.25. The van der Waals surface area contributed by atoms with Gasteiger partial charge in [0, 0.05) is 33.5 Å². The van der Waals surface area contributed by atoms with Gasteiger partial charge in [-0.15, -0.1) is 0 Å². The maximum absolute atomic E-state index is 6.49. The van der Waals surface area contributed by atoms with E-state index in [1.165, 1.54) is 0 Å². The number of furan rings is 2. The number of para-hydroxylation sites is 2. The largest absolute Gasteiger partial charge is 0.456 e. The van der Waals surface area contributed by atoms with Crippen LogP contribution >= 0.6 is 0 Å². The Balaban J connectivity index is 1.31. The molecule has 8 aromatic rings. The van der Waals surface area contributed by atoms with Crippen LogP contribution in [0.15, 0.2) is 164 Å². The van der Waals surface area contributed by atoms with Crippen molar-refractivity contribution in [2.24, 2.45) is 9.98 Å². The smallest absolute Gasteiger partial charge is 0.160 e. The summed E-state index contributed by atoms with van der Waals surface area (Å²) in [6, 6.07) is 47.8. The molecule has 2 aromatic heterocycles. The van der Waals surface area contributed by atoms with Gasteiger partial charge in [0.2, 0.25) is 0 Å². The van der Waals surface area contributed by atoms with Crippen LogP contribution in [0.3, 0.4) is 0 Å². The first-order chi connectivity index (χ1) is 22.3. The summed E-state index contributed by atoms with van der Waals surface area (Å²) >= 11 is 0. The average molecular weight is 579 g/mol. The van der Waals surface area contributed by atoms with Gasteiger partial charge in [0.1, 0.15) is 22.3 Å². The predicted molar refractivity (Wildman–Crippen MR) is 185 cm³/mol. The summed E-state index contributed by atoms with van der Waals surface area (Å²) in [5.74, 6) is 0.657. The van der Waals surface area contributed by atoms with Gasteiger partial charge >= 0.3 is 0 Å². The maximum atomic E-state index is 6.49. The minimum atomic E-state index is 0.657. The second kappa shape index (κ2) is 10.3. The van der Waals surface area contributed by atoms with E-state index in [0.29, 0.717) is 12.3 Å². The summed E-state index contributed by atoms with van der Waals surface area (Å²) in [5.41, 5.74) is 10.3. The van der Waals surface area contributed by atoms with E-state index in [-0.39, 0.29) is 0 Å². The molecule has 0 saturated heterocycles. The quantitative estimate of drug-likeness (QED) is 0.209. The monoisotopic (exact) mass is 578 g/mol. The Bertz CT molecular complexity index is 2500. The molecule has 9 rings (SSSR count). The van der Waals surface area contributed by atoms with Gasteiger partial charge in [0.25, 0.3) is 0 Å². The molecule has 1 aliphatic rings. The number of rotatable bonds is 4. The molecule has 212 valence electrons. The van der Waals surface area contributed by atoms with Crippen molar-refractivity contribution in [3.8, 4) is 11.1 Å². The highest BCUT2D eigenvalue weighted by atomic mass is 16.3. The van der Waals surface area contributed by atoms with Gasteiger partial charge in [-0.1, -0.05) is 109 Å². The fourth-order valence-corrected chi connectivity index (χ4v) is 6.38. The highest BCUT2D eigenvalue weighted by molar-refractivity contribution is 6.23. The molecule has 0 aliphatic carbocycles. The van der Waals surface area contributed by atoms with Crippen molar-refractivity contribution in [1.82, 2.24) is 0 Å². The molecule has 4 nitrogen and oxygen atoms in total. The van der Waals surface area contributed by atoms with E-state index in [1.54, 1.807) is 0 Å². The molecule has 0 unspecified atom stereocenters. The Morgan fingerprint density at radius 1 is 0.444 bits per heavy atom. The fourth-order valence-electron chi connectivity index (χ4n) is 6.38. The van der Waals surface area contributed by atoms with E-state index < -0.39 is 0 Å². The zero-order valence-electron chi connectivity index (χ0n) is 24.3. The molecular formula is C41H26N2O2. The molecule has 0 fully saturated rings. The lowest BCUT2D eigenvalue weighted by molar-refractivity contribution is 0.668. The molecule has 0 spiro atoms. The number of benzene rings is 6. The number of aliphatic imine (C=N–C) groups is 2. The number of hydrogen-bond donors (Lipinski definition) is 0. The van der Waals surface area contributed by atoms with Crippen LogP contribution in [0.1, 0.15) is 23.1 Å². The molecule has 0 N–H and O–H groups in total. The Kier molecular flexibility index (Phi) is 5.85. The van der Waals surface area contributed by atoms with Crippen LogP contribution in [0.4, 0.5) is 0 Å². The lowest BCUT2D eigenvalue weighted by Gasteiger charge is -2.10. The van der Waals surface area contributed by atoms with Gasteiger partial charge in [0.05, 0.1) is 11.4 Å². The van der Waals surface area contributed by atoms with Crippen LogP contribution in [0.5, 0.6) is 0 Å². The minimum absolute atomic E-state index is 0.657. The molecule has 0 saturated carbocycles. The van der Waals surface area contributed by atoms with Crippen LogP contribution in [-0.4, -0.2) is 11.5 Å². The standard InChI is InChI=1S/C41H26N2O2/c1-3-11-26(12-4-1)34-21-22-35(27-13-5-2-6-14-27)43-41(42-34)33-23-29(25-39-40(33)32-16-8-10-18-37(32)45-39)28-19-20-31-30-15-7-9-17-36(30)44-38(31)24-28/h1-21,23-25H,22H2. The van der Waals surface area contributed by atoms with Crippen molar-refractivity contribution in [2.75, 3.05) is 0 Å². The van der Waals surface area contributed by atoms with Gasteiger partial charge in [-0.2, -0.15) is 0 Å². The van der Waals surface area contributed by atoms with Crippen molar-refractivity contribution in [1.29, 1.82) is 0 Å². The van der Waals surface area contributed by atoms with Crippen LogP contribution in [-0.2, 0) is 0 Å². The average Bonchev–Trinajstić information content (AvgIpc) is 3.58. The molecule has 4 heteroatoms. The van der Waals surface area contributed by atoms with Gasteiger partial charge in [-0.25, -0.2) is 9.98 Å². The summed E-state index contributed by atoms with van der Waals surface area (Å²) in [7, 11) is 0. The summed E-state index contributed by atoms with van der Waals surface area (Å²) in [6.45, 7) is 0. The third kappa shape index (κ3) is 4.38. The SMILES string of the molecule is C1=C(c2ccccc2)N=C(c2cc(-c3ccc4c(c3)oc3ccccc34)cc3oc4ccccc4c23)N=C(c2ccccc2)C1. The number of allylic oxidation sites excluding steroid dienone is 1. The Hall–Kier alpha value is -6.00. The van der Waals surface area contributed by atoms with E-state index in [2.05, 4.69) is 84.9 Å². The van der Waals surface area contributed by atoms with E-state index >= 15 is 0 Å². The van der Waals surface area contributed by atoms with E-state index in [0.717, 1.165) is 83.1 Å². The number of hydrogen-bond acceptors (Lipinski definition) is 4. The highest BCUT2D eigenvalue weighted by Crippen LogP contribution is 2.38. The molecule has 6 aromatic carbocycles. The summed E-state index contributed by atoms with van der Waals surface area (Å²) in [4.78, 5) is 10.6. The lowest BCUT2D eigenvalue weighted by atomic mass is 9.97. The number of amidine groups is 1. The maximum Gasteiger partial charge on any atom is 0.160 e. The molecule has 0 atom stereocenters. The Labute approximate surface area is 259 Å². The van der Waals surface area contributed by atoms with E-state index in [1.807, 2.05) is 60.7 Å². The van der Waals surface area contributed by atoms with Crippen molar-refractivity contribution in [3.63, 3.8) is 0 Å². The van der Waals surface area contributed by atoms with Crippen LogP contribution < -0.4 is 0 Å². The molecule has 0 bridgehead atoms. The normalized spacial score (nSPS) is 13.6. The third-order valence-corrected chi connectivity index (χ3v) is 8.56. The molecule has 45 heavy (non-hydrogen) atoms. The van der Waals surface area contributed by atoms with Crippen molar-refractivity contribution in [2.45, 2.75) is 6.42 Å². The topological polar surface area (TPSA) is 51.0 Å². The van der Waals surface area contributed by atoms with Crippen molar-refractivity contribution >= 4 is 61.1 Å². The van der Waals surface area contributed by atoms with E-state index in [4.69, 9.17) is 18.8 Å². The van der Waals surface area contributed by atoms with Crippen LogP contribution in [0.25, 0.3) is 60.7 Å². The van der Waals surface area contributed by atoms with Crippen LogP contribution in [0.2, 0.25) is 0 Å². The molecule has 0 radical (unpaired) electrons. The molecule has 0 amide bonds. The van der Waals surface area contributed by atoms with Gasteiger partial charge in [-0.05, 0) is 58.7 Å². The van der Waals surface area contributed by atoms with E-state index in [9.17, 15) is 0 Å². The zero-order chi connectivity index (χ0) is 29.7. The second-order valence-electron chi connectivity index (χ2n) is 11.3. The van der Waals surface area contributed by atoms with Gasteiger partial charge < -0.3 is 8.83 Å². The zero-order valence-corrected chi connectivity index (χ0v) is 24.3. The first-order valence-electron chi connectivity index (χ1n) is 15.1. The Morgan fingerprint density at radius 3 is 1.87 bits per heavy atom. The number of nitrogens with zero attached hydrogens (tertiary/aromatic N) is 2. The predicted octanol–water partition coefficient (Wildman–Crippen LogP) is 10.8. The lowest BCUT2D eigenvalue weighted by Crippen LogP contribution is -2.05. The fraction of sp³-hybridized carbons (Fsp3) is 0.0244. The molecular weight excluding hydrogens is 552 g/mol. The van der Waals surface area contributed by atoms with Crippen LogP contribution in [0, 0.1) is 0 Å².